The van der Waals surface area contributed by atoms with E-state index in [9.17, 15) is 0 Å². The van der Waals surface area contributed by atoms with Gasteiger partial charge in [-0.2, -0.15) is 0 Å². The SMILES string of the molecule is CC(C)c1ccc(C2=C3c4ccccc4-c4ccccc4[C]2c2ccccc2-c2ccccc23)cc1. The molecule has 0 saturated heterocycles. The normalized spacial score (nSPS) is 13.9. The molecule has 0 N–H and O–H groups in total. The molecule has 0 aliphatic heterocycles. The van der Waals surface area contributed by atoms with Gasteiger partial charge >= 0.3 is 0 Å². The van der Waals surface area contributed by atoms with E-state index in [0.29, 0.717) is 5.92 Å². The van der Waals surface area contributed by atoms with Crippen LogP contribution in [0.25, 0.3) is 33.4 Å². The van der Waals surface area contributed by atoms with Crippen LogP contribution in [0.2, 0.25) is 0 Å². The van der Waals surface area contributed by atoms with Crippen LogP contribution in [0, 0.1) is 5.92 Å². The van der Waals surface area contributed by atoms with Gasteiger partial charge in [-0.05, 0) is 72.7 Å². The Hall–Kier alpha value is -4.16. The third-order valence-corrected chi connectivity index (χ3v) is 7.73. The Kier molecular flexibility index (Phi) is 4.82. The molecule has 0 atom stereocenters. The average molecular weight is 460 g/mol. The molecule has 2 aliphatic carbocycles. The van der Waals surface area contributed by atoms with E-state index in [2.05, 4.69) is 135 Å². The molecule has 0 saturated carbocycles. The van der Waals surface area contributed by atoms with Gasteiger partial charge in [0, 0.05) is 0 Å². The van der Waals surface area contributed by atoms with Crippen molar-refractivity contribution in [3.63, 3.8) is 0 Å². The predicted molar refractivity (Wildman–Crippen MR) is 152 cm³/mol. The molecule has 0 spiro atoms. The lowest BCUT2D eigenvalue weighted by atomic mass is 9.78. The summed E-state index contributed by atoms with van der Waals surface area (Å²) in [5.41, 5.74) is 15.6. The summed E-state index contributed by atoms with van der Waals surface area (Å²) in [6.45, 7) is 4.52. The number of allylic oxidation sites excluding steroid dienone is 1. The lowest BCUT2D eigenvalue weighted by molar-refractivity contribution is 0.866. The monoisotopic (exact) mass is 459 g/mol. The van der Waals surface area contributed by atoms with Gasteiger partial charge in [0.25, 0.3) is 0 Å². The van der Waals surface area contributed by atoms with Crippen molar-refractivity contribution >= 4 is 11.1 Å². The van der Waals surface area contributed by atoms with Gasteiger partial charge in [-0.3, -0.25) is 0 Å². The zero-order valence-electron chi connectivity index (χ0n) is 20.6. The Morgan fingerprint density at radius 1 is 0.361 bits per heavy atom. The van der Waals surface area contributed by atoms with Gasteiger partial charge < -0.3 is 0 Å². The third kappa shape index (κ3) is 3.08. The molecule has 0 unspecified atom stereocenters. The quantitative estimate of drug-likeness (QED) is 0.247. The maximum absolute atomic E-state index is 2.33. The van der Waals surface area contributed by atoms with E-state index in [1.807, 2.05) is 0 Å². The van der Waals surface area contributed by atoms with E-state index >= 15 is 0 Å². The molecule has 1 radical (unpaired) electrons. The third-order valence-electron chi connectivity index (χ3n) is 7.73. The van der Waals surface area contributed by atoms with Crippen molar-refractivity contribution in [2.24, 2.45) is 0 Å². The second kappa shape index (κ2) is 8.21. The fourth-order valence-electron chi connectivity index (χ4n) is 6.02. The zero-order chi connectivity index (χ0) is 24.2. The molecule has 5 aromatic rings. The molecule has 0 heteroatoms. The summed E-state index contributed by atoms with van der Waals surface area (Å²) in [4.78, 5) is 0. The first-order valence-corrected chi connectivity index (χ1v) is 12.8. The minimum Gasteiger partial charge on any atom is -0.0619 e. The molecule has 2 bridgehead atoms. The summed E-state index contributed by atoms with van der Waals surface area (Å²) in [5, 5.41) is 0. The topological polar surface area (TPSA) is 0 Å². The van der Waals surface area contributed by atoms with Crippen LogP contribution in [0.1, 0.15) is 53.1 Å². The van der Waals surface area contributed by atoms with Crippen LogP contribution in [-0.4, -0.2) is 0 Å². The summed E-state index contributed by atoms with van der Waals surface area (Å²) in [5.74, 6) is 1.82. The number of hydrogen-bond acceptors (Lipinski definition) is 0. The van der Waals surface area contributed by atoms with Crippen LogP contribution in [0.5, 0.6) is 0 Å². The van der Waals surface area contributed by atoms with Crippen LogP contribution >= 0.6 is 0 Å². The second-order valence-electron chi connectivity index (χ2n) is 10.1. The largest absolute Gasteiger partial charge is 0.0654 e. The van der Waals surface area contributed by atoms with E-state index < -0.39 is 0 Å². The maximum atomic E-state index is 2.33. The predicted octanol–water partition coefficient (Wildman–Crippen LogP) is 9.40. The van der Waals surface area contributed by atoms with Crippen LogP contribution in [0.15, 0.2) is 121 Å². The number of fused-ring (bicyclic) bond motifs is 11. The molecule has 2 aliphatic rings. The highest BCUT2D eigenvalue weighted by molar-refractivity contribution is 6.15. The van der Waals surface area contributed by atoms with Crippen molar-refractivity contribution in [2.45, 2.75) is 19.8 Å². The molecule has 36 heavy (non-hydrogen) atoms. The van der Waals surface area contributed by atoms with Gasteiger partial charge in [0.05, 0.1) is 5.92 Å². The lowest BCUT2D eigenvalue weighted by Crippen LogP contribution is -2.07. The molecular formula is C36H27. The van der Waals surface area contributed by atoms with Crippen LogP contribution in [0.4, 0.5) is 0 Å². The highest BCUT2D eigenvalue weighted by atomic mass is 14.4. The molecule has 7 rings (SSSR count). The van der Waals surface area contributed by atoms with Crippen molar-refractivity contribution < 1.29 is 0 Å². The van der Waals surface area contributed by atoms with Crippen LogP contribution in [-0.2, 0) is 0 Å². The molecule has 0 fully saturated rings. The fraction of sp³-hybridized carbons (Fsp3) is 0.0833. The minimum atomic E-state index is 0.503. The molecule has 5 aromatic carbocycles. The molecule has 0 heterocycles. The van der Waals surface area contributed by atoms with Gasteiger partial charge in [-0.15, -0.1) is 0 Å². The smallest absolute Gasteiger partial charge is 0.0619 e. The molecule has 171 valence electrons. The molecule has 0 aromatic heterocycles. The van der Waals surface area contributed by atoms with Gasteiger partial charge in [-0.25, -0.2) is 0 Å². The van der Waals surface area contributed by atoms with Crippen molar-refractivity contribution in [3.8, 4) is 22.3 Å². The summed E-state index contributed by atoms with van der Waals surface area (Å²) in [6.07, 6.45) is 0. The first-order chi connectivity index (χ1) is 17.7. The standard InChI is InChI=1S/C36H27/c1-23(2)24-19-21-25(22-20-24)34-35-30-15-7-3-11-26(30)27-12-4-8-16-31(27)36(34)33-18-10-6-14-29(33)28-13-5-9-17-32(28)35/h3-23H,1-2H3. The average Bonchev–Trinajstić information content (AvgIpc) is 3.14. The Bertz CT molecular complexity index is 1550. The van der Waals surface area contributed by atoms with E-state index in [4.69, 9.17) is 0 Å². The van der Waals surface area contributed by atoms with Gasteiger partial charge in [0.2, 0.25) is 0 Å². The van der Waals surface area contributed by atoms with E-state index in [1.54, 1.807) is 0 Å². The summed E-state index contributed by atoms with van der Waals surface area (Å²) < 4.78 is 0. The molecule has 0 nitrogen and oxygen atoms in total. The van der Waals surface area contributed by atoms with Crippen molar-refractivity contribution in [3.05, 3.63) is 161 Å². The summed E-state index contributed by atoms with van der Waals surface area (Å²) in [7, 11) is 0. The Morgan fingerprint density at radius 3 is 1.14 bits per heavy atom. The number of benzene rings is 5. The first kappa shape index (κ1) is 21.1. The van der Waals surface area contributed by atoms with E-state index in [-0.39, 0.29) is 0 Å². The summed E-state index contributed by atoms with van der Waals surface area (Å²) >= 11 is 0. The fourth-order valence-corrected chi connectivity index (χ4v) is 6.02. The van der Waals surface area contributed by atoms with Gasteiger partial charge in [0.15, 0.2) is 0 Å². The van der Waals surface area contributed by atoms with E-state index in [0.717, 1.165) is 0 Å². The first-order valence-electron chi connectivity index (χ1n) is 12.8. The highest BCUT2D eigenvalue weighted by Crippen LogP contribution is 2.55. The maximum Gasteiger partial charge on any atom is 0.0654 e. The zero-order valence-corrected chi connectivity index (χ0v) is 20.6. The van der Waals surface area contributed by atoms with Crippen molar-refractivity contribution in [2.75, 3.05) is 0 Å². The Balaban J connectivity index is 1.69. The van der Waals surface area contributed by atoms with Crippen LogP contribution < -0.4 is 0 Å². The second-order valence-corrected chi connectivity index (χ2v) is 10.1. The van der Waals surface area contributed by atoms with E-state index in [1.165, 1.54) is 72.7 Å². The van der Waals surface area contributed by atoms with Crippen LogP contribution in [0.3, 0.4) is 0 Å². The Labute approximate surface area is 213 Å². The van der Waals surface area contributed by atoms with Crippen molar-refractivity contribution in [1.82, 2.24) is 0 Å². The lowest BCUT2D eigenvalue weighted by Gasteiger charge is -2.24. The minimum absolute atomic E-state index is 0.503. The van der Waals surface area contributed by atoms with Crippen molar-refractivity contribution in [1.29, 1.82) is 0 Å². The number of hydrogen-bond donors (Lipinski definition) is 0. The highest BCUT2D eigenvalue weighted by Gasteiger charge is 2.36. The Morgan fingerprint density at radius 2 is 0.722 bits per heavy atom. The molecule has 0 amide bonds. The number of rotatable bonds is 2. The summed E-state index contributed by atoms with van der Waals surface area (Å²) in [6, 6.07) is 45.0. The van der Waals surface area contributed by atoms with Gasteiger partial charge in [0.1, 0.15) is 0 Å². The van der Waals surface area contributed by atoms with Gasteiger partial charge in [-0.1, -0.05) is 135 Å². The molecular weight excluding hydrogens is 432 g/mol.